The van der Waals surface area contributed by atoms with Crippen LogP contribution in [0.2, 0.25) is 0 Å². The smallest absolute Gasteiger partial charge is 0.247 e. The third-order valence-corrected chi connectivity index (χ3v) is 3.59. The maximum absolute atomic E-state index is 11.8. The molecule has 0 aliphatic carbocycles. The third kappa shape index (κ3) is 1.70. The van der Waals surface area contributed by atoms with Crippen molar-refractivity contribution >= 4 is 16.7 Å². The van der Waals surface area contributed by atoms with Crippen LogP contribution in [0.1, 0.15) is 18.5 Å². The number of carbonyl (C=O) groups is 1. The summed E-state index contributed by atoms with van der Waals surface area (Å²) in [6, 6.07) is 14.7. The fourth-order valence-electron chi connectivity index (χ4n) is 2.58. The second kappa shape index (κ2) is 4.30. The van der Waals surface area contributed by atoms with E-state index in [2.05, 4.69) is 37.3 Å². The highest BCUT2D eigenvalue weighted by Crippen LogP contribution is 2.29. The average molecular weight is 237 g/mol. The normalized spacial score (nSPS) is 16.5. The topological polar surface area (TPSA) is 20.3 Å². The highest BCUT2D eigenvalue weighted by molar-refractivity contribution is 5.91. The van der Waals surface area contributed by atoms with Gasteiger partial charge in [-0.1, -0.05) is 48.5 Å². The molecule has 3 rings (SSSR count). The van der Waals surface area contributed by atoms with Crippen LogP contribution in [0.25, 0.3) is 10.8 Å². The van der Waals surface area contributed by atoms with Crippen molar-refractivity contribution < 1.29 is 4.79 Å². The molecule has 0 unspecified atom stereocenters. The van der Waals surface area contributed by atoms with Gasteiger partial charge in [-0.15, -0.1) is 0 Å². The van der Waals surface area contributed by atoms with Gasteiger partial charge in [0, 0.05) is 12.6 Å². The lowest BCUT2D eigenvalue weighted by Gasteiger charge is -2.25. The molecule has 18 heavy (non-hydrogen) atoms. The van der Waals surface area contributed by atoms with Crippen molar-refractivity contribution in [2.75, 3.05) is 6.54 Å². The van der Waals surface area contributed by atoms with Crippen molar-refractivity contribution in [2.45, 2.75) is 13.0 Å². The summed E-state index contributed by atoms with van der Waals surface area (Å²) in [5, 5.41) is 2.45. The first-order valence-corrected chi connectivity index (χ1v) is 6.22. The average Bonchev–Trinajstić information content (AvgIpc) is 2.83. The Morgan fingerprint density at radius 1 is 1.11 bits per heavy atom. The molecule has 0 spiro atoms. The Morgan fingerprint density at radius 3 is 2.67 bits per heavy atom. The molecule has 0 N–H and O–H groups in total. The van der Waals surface area contributed by atoms with Crippen LogP contribution in [-0.4, -0.2) is 17.4 Å². The van der Waals surface area contributed by atoms with E-state index in [0.717, 1.165) is 0 Å². The minimum Gasteiger partial charge on any atom is -0.329 e. The molecule has 0 saturated heterocycles. The van der Waals surface area contributed by atoms with Gasteiger partial charge in [-0.25, -0.2) is 0 Å². The van der Waals surface area contributed by atoms with Gasteiger partial charge in [0.05, 0.1) is 6.04 Å². The van der Waals surface area contributed by atoms with Crippen LogP contribution in [-0.2, 0) is 4.79 Å². The van der Waals surface area contributed by atoms with Crippen LogP contribution in [0, 0.1) is 0 Å². The van der Waals surface area contributed by atoms with E-state index in [9.17, 15) is 4.79 Å². The van der Waals surface area contributed by atoms with E-state index in [4.69, 9.17) is 0 Å². The van der Waals surface area contributed by atoms with Gasteiger partial charge in [0.15, 0.2) is 0 Å². The minimum atomic E-state index is 0.107. The monoisotopic (exact) mass is 237 g/mol. The van der Waals surface area contributed by atoms with Gasteiger partial charge in [0.25, 0.3) is 0 Å². The van der Waals surface area contributed by atoms with Crippen molar-refractivity contribution in [1.29, 1.82) is 0 Å². The van der Waals surface area contributed by atoms with Gasteiger partial charge in [-0.3, -0.25) is 4.79 Å². The van der Waals surface area contributed by atoms with Crippen LogP contribution < -0.4 is 0 Å². The van der Waals surface area contributed by atoms with Gasteiger partial charge in [-0.05, 0) is 23.3 Å². The Balaban J connectivity index is 2.06. The molecule has 1 aliphatic rings. The van der Waals surface area contributed by atoms with Crippen molar-refractivity contribution in [3.05, 3.63) is 60.2 Å². The summed E-state index contributed by atoms with van der Waals surface area (Å²) in [7, 11) is 0. The Hall–Kier alpha value is -2.09. The van der Waals surface area contributed by atoms with E-state index in [1.54, 1.807) is 6.08 Å². The highest BCUT2D eigenvalue weighted by atomic mass is 16.2. The van der Waals surface area contributed by atoms with Crippen LogP contribution in [0.15, 0.2) is 54.6 Å². The van der Waals surface area contributed by atoms with E-state index >= 15 is 0 Å². The predicted octanol–water partition coefficient (Wildman–Crippen LogP) is 3.30. The molecule has 0 radical (unpaired) electrons. The van der Waals surface area contributed by atoms with Crippen molar-refractivity contribution in [2.24, 2.45) is 0 Å². The number of rotatable bonds is 2. The summed E-state index contributed by atoms with van der Waals surface area (Å²) in [6.07, 6.45) is 3.57. The fourth-order valence-corrected chi connectivity index (χ4v) is 2.58. The minimum absolute atomic E-state index is 0.107. The Labute approximate surface area is 107 Å². The summed E-state index contributed by atoms with van der Waals surface area (Å²) in [5.74, 6) is 0.107. The van der Waals surface area contributed by atoms with Gasteiger partial charge >= 0.3 is 0 Å². The number of nitrogens with zero attached hydrogens (tertiary/aromatic N) is 1. The molecule has 90 valence electrons. The Kier molecular flexibility index (Phi) is 2.63. The van der Waals surface area contributed by atoms with E-state index in [1.807, 2.05) is 23.1 Å². The highest BCUT2D eigenvalue weighted by Gasteiger charge is 2.23. The van der Waals surface area contributed by atoms with Crippen LogP contribution in [0.5, 0.6) is 0 Å². The van der Waals surface area contributed by atoms with Crippen LogP contribution in [0.4, 0.5) is 0 Å². The third-order valence-electron chi connectivity index (χ3n) is 3.59. The molecule has 0 aromatic heterocycles. The molecular weight excluding hydrogens is 222 g/mol. The maximum atomic E-state index is 11.8. The zero-order valence-electron chi connectivity index (χ0n) is 10.3. The molecule has 0 bridgehead atoms. The molecule has 2 aromatic rings. The number of benzene rings is 2. The van der Waals surface area contributed by atoms with E-state index in [-0.39, 0.29) is 11.9 Å². The van der Waals surface area contributed by atoms with E-state index in [1.165, 1.54) is 16.3 Å². The van der Waals surface area contributed by atoms with E-state index in [0.29, 0.717) is 6.54 Å². The first-order valence-electron chi connectivity index (χ1n) is 6.22. The largest absolute Gasteiger partial charge is 0.329 e. The summed E-state index contributed by atoms with van der Waals surface area (Å²) < 4.78 is 0. The van der Waals surface area contributed by atoms with Gasteiger partial charge < -0.3 is 4.90 Å². The molecular formula is C16H15NO. The van der Waals surface area contributed by atoms with Crippen molar-refractivity contribution in [1.82, 2.24) is 4.90 Å². The molecule has 1 atom stereocenters. The molecule has 2 nitrogen and oxygen atoms in total. The molecule has 1 amide bonds. The molecule has 2 aromatic carbocycles. The summed E-state index contributed by atoms with van der Waals surface area (Å²) in [4.78, 5) is 13.7. The first-order chi connectivity index (χ1) is 8.77. The van der Waals surface area contributed by atoms with Crippen LogP contribution >= 0.6 is 0 Å². The van der Waals surface area contributed by atoms with Gasteiger partial charge in [0.2, 0.25) is 5.91 Å². The lowest BCUT2D eigenvalue weighted by molar-refractivity contribution is -0.126. The van der Waals surface area contributed by atoms with Crippen molar-refractivity contribution in [3.8, 4) is 0 Å². The SMILES string of the molecule is C[C@@H](c1cccc2ccccc12)N1CC=CC1=O. The standard InChI is InChI=1S/C16H15NO/c1-12(17-11-5-10-16(17)18)14-9-4-7-13-6-2-3-8-15(13)14/h2-10,12H,11H2,1H3/t12-/m0/s1. The second-order valence-corrected chi connectivity index (χ2v) is 4.64. The predicted molar refractivity (Wildman–Crippen MR) is 73.2 cm³/mol. The molecule has 1 aliphatic heterocycles. The summed E-state index contributed by atoms with van der Waals surface area (Å²) in [5.41, 5.74) is 1.21. The number of hydrogen-bond acceptors (Lipinski definition) is 1. The number of fused-ring (bicyclic) bond motifs is 1. The zero-order chi connectivity index (χ0) is 12.5. The Morgan fingerprint density at radius 2 is 1.89 bits per heavy atom. The summed E-state index contributed by atoms with van der Waals surface area (Å²) in [6.45, 7) is 2.80. The lowest BCUT2D eigenvalue weighted by Crippen LogP contribution is -2.28. The summed E-state index contributed by atoms with van der Waals surface area (Å²) >= 11 is 0. The molecule has 1 heterocycles. The number of carbonyl (C=O) groups excluding carboxylic acids is 1. The van der Waals surface area contributed by atoms with Crippen molar-refractivity contribution in [3.63, 3.8) is 0 Å². The van der Waals surface area contributed by atoms with E-state index < -0.39 is 0 Å². The fraction of sp³-hybridized carbons (Fsp3) is 0.188. The van der Waals surface area contributed by atoms with Gasteiger partial charge in [0.1, 0.15) is 0 Å². The second-order valence-electron chi connectivity index (χ2n) is 4.64. The zero-order valence-corrected chi connectivity index (χ0v) is 10.3. The van der Waals surface area contributed by atoms with Crippen LogP contribution in [0.3, 0.4) is 0 Å². The lowest BCUT2D eigenvalue weighted by atomic mass is 9.99. The molecule has 2 heteroatoms. The first kappa shape index (κ1) is 11.0. The van der Waals surface area contributed by atoms with Gasteiger partial charge in [-0.2, -0.15) is 0 Å². The quantitative estimate of drug-likeness (QED) is 0.784. The number of amides is 1. The number of hydrogen-bond donors (Lipinski definition) is 0. The molecule has 0 saturated carbocycles. The maximum Gasteiger partial charge on any atom is 0.247 e. The Bertz CT molecular complexity index is 625. The molecule has 0 fully saturated rings.